The fourth-order valence-electron chi connectivity index (χ4n) is 2.46. The number of nitrogens with one attached hydrogen (secondary N) is 2. The van der Waals surface area contributed by atoms with Crippen LogP contribution in [0, 0.1) is 5.41 Å². The summed E-state index contributed by atoms with van der Waals surface area (Å²) in [5, 5.41) is 15.1. The van der Waals surface area contributed by atoms with E-state index in [0.717, 1.165) is 24.9 Å². The number of hydrogen-bond donors (Lipinski definition) is 3. The van der Waals surface area contributed by atoms with Gasteiger partial charge in [-0.15, -0.1) is 0 Å². The topological polar surface area (TPSA) is 78.4 Å². The lowest BCUT2D eigenvalue weighted by molar-refractivity contribution is -0.131. The van der Waals surface area contributed by atoms with Gasteiger partial charge < -0.3 is 15.7 Å². The first kappa shape index (κ1) is 14.5. The summed E-state index contributed by atoms with van der Waals surface area (Å²) >= 11 is 0. The summed E-state index contributed by atoms with van der Waals surface area (Å²) < 4.78 is 0. The predicted octanol–water partition coefficient (Wildman–Crippen LogP) is 1.39. The molecule has 0 aromatic heterocycles. The summed E-state index contributed by atoms with van der Waals surface area (Å²) in [5.41, 5.74) is 0.663. The minimum Gasteiger partial charge on any atom is -0.478 e. The molecule has 20 heavy (non-hydrogen) atoms. The van der Waals surface area contributed by atoms with E-state index in [1.165, 1.54) is 0 Å². The van der Waals surface area contributed by atoms with Gasteiger partial charge in [0.25, 0.3) is 0 Å². The van der Waals surface area contributed by atoms with Crippen LogP contribution in [-0.4, -0.2) is 30.1 Å². The second kappa shape index (κ2) is 6.05. The van der Waals surface area contributed by atoms with Gasteiger partial charge in [-0.3, -0.25) is 4.79 Å². The molecule has 0 aliphatic carbocycles. The molecule has 108 valence electrons. The van der Waals surface area contributed by atoms with Gasteiger partial charge in [-0.1, -0.05) is 12.1 Å². The molecule has 1 amide bonds. The Morgan fingerprint density at radius 2 is 2.25 bits per heavy atom. The lowest BCUT2D eigenvalue weighted by Crippen LogP contribution is -2.48. The van der Waals surface area contributed by atoms with E-state index in [2.05, 4.69) is 10.6 Å². The summed E-state index contributed by atoms with van der Waals surface area (Å²) in [6.07, 6.45) is 1.87. The molecule has 1 unspecified atom stereocenters. The van der Waals surface area contributed by atoms with E-state index in [0.29, 0.717) is 13.1 Å². The molecule has 0 spiro atoms. The number of carboxylic acid groups (broad SMARTS) is 1. The molecular formula is C15H20N2O3. The third-order valence-electron chi connectivity index (χ3n) is 3.77. The predicted molar refractivity (Wildman–Crippen MR) is 75.5 cm³/mol. The third kappa shape index (κ3) is 3.36. The maximum Gasteiger partial charge on any atom is 0.335 e. The second-order valence-corrected chi connectivity index (χ2v) is 5.53. The molecule has 1 atom stereocenters. The van der Waals surface area contributed by atoms with Crippen molar-refractivity contribution in [3.63, 3.8) is 0 Å². The van der Waals surface area contributed by atoms with Crippen molar-refractivity contribution < 1.29 is 14.7 Å². The number of carbonyl (C=O) groups excluding carboxylic acids is 1. The number of piperidine rings is 1. The molecule has 0 bridgehead atoms. The highest BCUT2D eigenvalue weighted by Crippen LogP contribution is 2.25. The number of carbonyl (C=O) groups is 2. The highest BCUT2D eigenvalue weighted by molar-refractivity contribution is 5.87. The van der Waals surface area contributed by atoms with E-state index in [-0.39, 0.29) is 16.9 Å². The van der Waals surface area contributed by atoms with Gasteiger partial charge in [-0.05, 0) is 44.0 Å². The fourth-order valence-corrected chi connectivity index (χ4v) is 2.46. The summed E-state index contributed by atoms with van der Waals surface area (Å²) in [7, 11) is 0. The van der Waals surface area contributed by atoms with E-state index < -0.39 is 5.97 Å². The Morgan fingerprint density at radius 1 is 1.45 bits per heavy atom. The number of amides is 1. The standard InChI is InChI=1S/C15H20N2O3/c1-15(6-3-7-16-10-15)14(20)17-9-11-4-2-5-12(8-11)13(18)19/h2,4-5,8,16H,3,6-7,9-10H2,1H3,(H,17,20)(H,18,19). The van der Waals surface area contributed by atoms with Gasteiger partial charge in [0, 0.05) is 13.1 Å². The summed E-state index contributed by atoms with van der Waals surface area (Å²) in [5.74, 6) is -0.938. The number of aromatic carboxylic acids is 1. The zero-order valence-electron chi connectivity index (χ0n) is 11.6. The van der Waals surface area contributed by atoms with Gasteiger partial charge in [0.05, 0.1) is 11.0 Å². The van der Waals surface area contributed by atoms with Crippen LogP contribution in [-0.2, 0) is 11.3 Å². The van der Waals surface area contributed by atoms with Crippen molar-refractivity contribution >= 4 is 11.9 Å². The number of hydrogen-bond acceptors (Lipinski definition) is 3. The van der Waals surface area contributed by atoms with Crippen LogP contribution in [0.2, 0.25) is 0 Å². The average molecular weight is 276 g/mol. The van der Waals surface area contributed by atoms with Crippen molar-refractivity contribution in [2.45, 2.75) is 26.3 Å². The molecule has 1 fully saturated rings. The SMILES string of the molecule is CC1(C(=O)NCc2cccc(C(=O)O)c2)CCCNC1. The molecule has 1 aliphatic rings. The zero-order chi connectivity index (χ0) is 14.6. The molecule has 1 aliphatic heterocycles. The van der Waals surface area contributed by atoms with Gasteiger partial charge in [-0.25, -0.2) is 4.79 Å². The highest BCUT2D eigenvalue weighted by Gasteiger charge is 2.34. The summed E-state index contributed by atoms with van der Waals surface area (Å²) in [6.45, 7) is 3.97. The Bertz CT molecular complexity index is 508. The largest absolute Gasteiger partial charge is 0.478 e. The van der Waals surface area contributed by atoms with Crippen LogP contribution < -0.4 is 10.6 Å². The monoisotopic (exact) mass is 276 g/mol. The van der Waals surface area contributed by atoms with Crippen LogP contribution in [0.5, 0.6) is 0 Å². The fraction of sp³-hybridized carbons (Fsp3) is 0.467. The van der Waals surface area contributed by atoms with Crippen LogP contribution >= 0.6 is 0 Å². The summed E-state index contributed by atoms with van der Waals surface area (Å²) in [6, 6.07) is 6.63. The maximum absolute atomic E-state index is 12.2. The third-order valence-corrected chi connectivity index (χ3v) is 3.77. The number of rotatable bonds is 4. The van der Waals surface area contributed by atoms with Crippen molar-refractivity contribution in [3.8, 4) is 0 Å². The van der Waals surface area contributed by atoms with E-state index in [4.69, 9.17) is 5.11 Å². The summed E-state index contributed by atoms with van der Waals surface area (Å²) in [4.78, 5) is 23.1. The zero-order valence-corrected chi connectivity index (χ0v) is 11.6. The minimum absolute atomic E-state index is 0.0189. The smallest absolute Gasteiger partial charge is 0.335 e. The first-order chi connectivity index (χ1) is 9.51. The van der Waals surface area contributed by atoms with E-state index >= 15 is 0 Å². The van der Waals surface area contributed by atoms with Gasteiger partial charge >= 0.3 is 5.97 Å². The van der Waals surface area contributed by atoms with Gasteiger partial charge in [0.15, 0.2) is 0 Å². The lowest BCUT2D eigenvalue weighted by atomic mass is 9.82. The minimum atomic E-state index is -0.957. The van der Waals surface area contributed by atoms with Crippen LogP contribution in [0.15, 0.2) is 24.3 Å². The van der Waals surface area contributed by atoms with Crippen molar-refractivity contribution in [2.24, 2.45) is 5.41 Å². The first-order valence-electron chi connectivity index (χ1n) is 6.82. The van der Waals surface area contributed by atoms with Crippen molar-refractivity contribution in [2.75, 3.05) is 13.1 Å². The Balaban J connectivity index is 1.96. The molecular weight excluding hydrogens is 256 g/mol. The highest BCUT2D eigenvalue weighted by atomic mass is 16.4. The molecule has 0 saturated carbocycles. The van der Waals surface area contributed by atoms with Crippen LogP contribution in [0.3, 0.4) is 0 Å². The second-order valence-electron chi connectivity index (χ2n) is 5.53. The molecule has 1 aromatic rings. The molecule has 3 N–H and O–H groups in total. The molecule has 1 aromatic carbocycles. The van der Waals surface area contributed by atoms with Gasteiger partial charge in [-0.2, -0.15) is 0 Å². The Kier molecular flexibility index (Phi) is 4.39. The molecule has 5 nitrogen and oxygen atoms in total. The Labute approximate surface area is 118 Å². The first-order valence-corrected chi connectivity index (χ1v) is 6.82. The van der Waals surface area contributed by atoms with Gasteiger partial charge in [0.1, 0.15) is 0 Å². The van der Waals surface area contributed by atoms with Crippen LogP contribution in [0.4, 0.5) is 0 Å². The van der Waals surface area contributed by atoms with Crippen molar-refractivity contribution in [1.82, 2.24) is 10.6 Å². The van der Waals surface area contributed by atoms with Crippen molar-refractivity contribution in [3.05, 3.63) is 35.4 Å². The van der Waals surface area contributed by atoms with E-state index in [1.807, 2.05) is 13.0 Å². The molecule has 1 saturated heterocycles. The van der Waals surface area contributed by atoms with Crippen LogP contribution in [0.25, 0.3) is 0 Å². The molecule has 2 rings (SSSR count). The van der Waals surface area contributed by atoms with Crippen molar-refractivity contribution in [1.29, 1.82) is 0 Å². The van der Waals surface area contributed by atoms with E-state index in [9.17, 15) is 9.59 Å². The quantitative estimate of drug-likeness (QED) is 0.776. The average Bonchev–Trinajstić information content (AvgIpc) is 2.45. The maximum atomic E-state index is 12.2. The Morgan fingerprint density at radius 3 is 2.90 bits per heavy atom. The normalized spacial score (nSPS) is 22.2. The molecule has 1 heterocycles. The molecule has 0 radical (unpaired) electrons. The Hall–Kier alpha value is -1.88. The number of carboxylic acids is 1. The van der Waals surface area contributed by atoms with Crippen LogP contribution in [0.1, 0.15) is 35.7 Å². The van der Waals surface area contributed by atoms with Gasteiger partial charge in [0.2, 0.25) is 5.91 Å². The number of benzene rings is 1. The van der Waals surface area contributed by atoms with E-state index in [1.54, 1.807) is 18.2 Å². The lowest BCUT2D eigenvalue weighted by Gasteiger charge is -2.32. The molecule has 5 heteroatoms.